The van der Waals surface area contributed by atoms with E-state index in [1.165, 1.54) is 0 Å². The van der Waals surface area contributed by atoms with E-state index in [-0.39, 0.29) is 5.92 Å². The fourth-order valence-electron chi connectivity index (χ4n) is 3.76. The molecule has 0 spiro atoms. The third-order valence-corrected chi connectivity index (χ3v) is 5.26. The van der Waals surface area contributed by atoms with Crippen molar-refractivity contribution in [2.45, 2.75) is 39.5 Å². The van der Waals surface area contributed by atoms with Gasteiger partial charge in [0, 0.05) is 37.7 Å². The highest BCUT2D eigenvalue weighted by Gasteiger charge is 2.27. The first kappa shape index (κ1) is 19.3. The molecule has 144 valence electrons. The second-order valence-electron chi connectivity index (χ2n) is 7.23. The Balaban J connectivity index is 1.58. The van der Waals surface area contributed by atoms with E-state index in [2.05, 4.69) is 28.9 Å². The van der Waals surface area contributed by atoms with E-state index in [0.717, 1.165) is 68.9 Å². The third kappa shape index (κ3) is 4.85. The molecule has 0 aliphatic carbocycles. The molecule has 1 aliphatic heterocycles. The van der Waals surface area contributed by atoms with Gasteiger partial charge in [0.15, 0.2) is 5.82 Å². The van der Waals surface area contributed by atoms with E-state index >= 15 is 0 Å². The number of carbonyl (C=O) groups is 1. The van der Waals surface area contributed by atoms with Crippen molar-refractivity contribution in [1.82, 2.24) is 15.1 Å². The molecule has 1 aliphatic rings. The highest BCUT2D eigenvalue weighted by Crippen LogP contribution is 2.21. The van der Waals surface area contributed by atoms with Gasteiger partial charge in [-0.1, -0.05) is 57.0 Å². The first-order valence-corrected chi connectivity index (χ1v) is 10.2. The molecule has 1 fully saturated rings. The number of nitrogens with zero attached hydrogens (tertiary/aromatic N) is 4. The van der Waals surface area contributed by atoms with Gasteiger partial charge in [-0.3, -0.25) is 4.79 Å². The third-order valence-electron chi connectivity index (χ3n) is 5.26. The molecule has 1 saturated heterocycles. The number of anilines is 1. The molecule has 0 radical (unpaired) electrons. The molecule has 5 nitrogen and oxygen atoms in total. The molecule has 2 heterocycles. The maximum absolute atomic E-state index is 12.8. The minimum Gasteiger partial charge on any atom is -0.352 e. The molecule has 0 bridgehead atoms. The quantitative estimate of drug-likeness (QED) is 0.743. The van der Waals surface area contributed by atoms with Crippen molar-refractivity contribution < 1.29 is 4.79 Å². The topological polar surface area (TPSA) is 49.3 Å². The van der Waals surface area contributed by atoms with E-state index in [4.69, 9.17) is 0 Å². The first-order chi connectivity index (χ1) is 13.2. The summed E-state index contributed by atoms with van der Waals surface area (Å²) in [6.45, 7) is 7.49. The van der Waals surface area contributed by atoms with Gasteiger partial charge in [0.1, 0.15) is 0 Å². The fraction of sp³-hybridized carbons (Fsp3) is 0.500. The second kappa shape index (κ2) is 9.49. The predicted octanol–water partition coefficient (Wildman–Crippen LogP) is 4.01. The van der Waals surface area contributed by atoms with Crippen molar-refractivity contribution in [3.63, 3.8) is 0 Å². The predicted molar refractivity (Wildman–Crippen MR) is 110 cm³/mol. The van der Waals surface area contributed by atoms with E-state index in [9.17, 15) is 4.79 Å². The maximum atomic E-state index is 12.8. The number of hydrogen-bond donors (Lipinski definition) is 0. The van der Waals surface area contributed by atoms with Crippen molar-refractivity contribution in [1.29, 1.82) is 0 Å². The average Bonchev–Trinajstić information content (AvgIpc) is 2.74. The van der Waals surface area contributed by atoms with Crippen LogP contribution in [0, 0.1) is 5.92 Å². The molecule has 5 heteroatoms. The zero-order chi connectivity index (χ0) is 19.1. The molecule has 1 amide bonds. The number of carbonyl (C=O) groups excluding carboxylic acids is 1. The van der Waals surface area contributed by atoms with Gasteiger partial charge in [-0.15, -0.1) is 10.2 Å². The molecule has 0 atom stereocenters. The summed E-state index contributed by atoms with van der Waals surface area (Å²) in [7, 11) is 0. The highest BCUT2D eigenvalue weighted by molar-refractivity contribution is 5.79. The van der Waals surface area contributed by atoms with Crippen LogP contribution < -0.4 is 4.90 Å². The Morgan fingerprint density at radius 1 is 0.926 bits per heavy atom. The van der Waals surface area contributed by atoms with Crippen LogP contribution in [0.5, 0.6) is 0 Å². The van der Waals surface area contributed by atoms with Crippen LogP contribution in [0.4, 0.5) is 5.82 Å². The Kier molecular flexibility index (Phi) is 6.80. The summed E-state index contributed by atoms with van der Waals surface area (Å²) in [5.74, 6) is 1.42. The summed E-state index contributed by atoms with van der Waals surface area (Å²) in [5, 5.41) is 8.80. The molecule has 3 rings (SSSR count). The minimum atomic E-state index is 0.191. The Morgan fingerprint density at radius 2 is 1.59 bits per heavy atom. The molecule has 27 heavy (non-hydrogen) atoms. The fourth-order valence-corrected chi connectivity index (χ4v) is 3.76. The number of aromatic nitrogens is 2. The van der Waals surface area contributed by atoms with Gasteiger partial charge in [0.05, 0.1) is 5.69 Å². The Bertz CT molecular complexity index is 703. The molecule has 2 aromatic rings. The summed E-state index contributed by atoms with van der Waals surface area (Å²) in [5.41, 5.74) is 1.96. The standard InChI is InChI=1S/C22H30N4O/c1-3-8-19(9-4-2)22(27)26-16-14-25(15-17-26)21-13-12-20(23-24-21)18-10-6-5-7-11-18/h5-7,10-13,19H,3-4,8-9,14-17H2,1-2H3. The van der Waals surface area contributed by atoms with Gasteiger partial charge in [0.25, 0.3) is 0 Å². The minimum absolute atomic E-state index is 0.191. The summed E-state index contributed by atoms with van der Waals surface area (Å²) in [4.78, 5) is 17.1. The lowest BCUT2D eigenvalue weighted by Gasteiger charge is -2.36. The molecule has 1 aromatic heterocycles. The van der Waals surface area contributed by atoms with Crippen LogP contribution in [0.3, 0.4) is 0 Å². The molecule has 0 N–H and O–H groups in total. The van der Waals surface area contributed by atoms with Crippen LogP contribution in [0.1, 0.15) is 39.5 Å². The molecular formula is C22H30N4O. The number of amides is 1. The average molecular weight is 367 g/mol. The van der Waals surface area contributed by atoms with E-state index in [1.54, 1.807) is 0 Å². The first-order valence-electron chi connectivity index (χ1n) is 10.2. The monoisotopic (exact) mass is 366 g/mol. The van der Waals surface area contributed by atoms with Gasteiger partial charge >= 0.3 is 0 Å². The van der Waals surface area contributed by atoms with Gasteiger partial charge in [-0.05, 0) is 25.0 Å². The Hall–Kier alpha value is -2.43. The number of benzene rings is 1. The summed E-state index contributed by atoms with van der Waals surface area (Å²) in [6.07, 6.45) is 4.14. The maximum Gasteiger partial charge on any atom is 0.225 e. The summed E-state index contributed by atoms with van der Waals surface area (Å²) >= 11 is 0. The Labute approximate surface area is 162 Å². The number of piperazine rings is 1. The lowest BCUT2D eigenvalue weighted by Crippen LogP contribution is -2.50. The van der Waals surface area contributed by atoms with Crippen molar-refractivity contribution in [3.05, 3.63) is 42.5 Å². The van der Waals surface area contributed by atoms with Crippen LogP contribution >= 0.6 is 0 Å². The van der Waals surface area contributed by atoms with E-state index in [1.807, 2.05) is 47.4 Å². The number of hydrogen-bond acceptors (Lipinski definition) is 4. The lowest BCUT2D eigenvalue weighted by molar-refractivity contribution is -0.136. The largest absolute Gasteiger partial charge is 0.352 e. The van der Waals surface area contributed by atoms with Crippen LogP contribution in [0.15, 0.2) is 42.5 Å². The lowest BCUT2D eigenvalue weighted by atomic mass is 9.96. The zero-order valence-electron chi connectivity index (χ0n) is 16.5. The van der Waals surface area contributed by atoms with Crippen LogP contribution in [0.2, 0.25) is 0 Å². The van der Waals surface area contributed by atoms with Crippen molar-refractivity contribution in [2.24, 2.45) is 5.92 Å². The zero-order valence-corrected chi connectivity index (χ0v) is 16.5. The van der Waals surface area contributed by atoms with Crippen molar-refractivity contribution in [3.8, 4) is 11.3 Å². The Morgan fingerprint density at radius 3 is 2.15 bits per heavy atom. The molecule has 0 saturated carbocycles. The molecule has 0 unspecified atom stereocenters. The number of rotatable bonds is 7. The van der Waals surface area contributed by atoms with Crippen LogP contribution in [-0.4, -0.2) is 47.2 Å². The molecular weight excluding hydrogens is 336 g/mol. The van der Waals surface area contributed by atoms with Gasteiger partial charge in [-0.2, -0.15) is 0 Å². The van der Waals surface area contributed by atoms with Gasteiger partial charge < -0.3 is 9.80 Å². The smallest absolute Gasteiger partial charge is 0.225 e. The summed E-state index contributed by atoms with van der Waals surface area (Å²) in [6, 6.07) is 14.1. The van der Waals surface area contributed by atoms with Crippen molar-refractivity contribution >= 4 is 11.7 Å². The van der Waals surface area contributed by atoms with Gasteiger partial charge in [0.2, 0.25) is 5.91 Å². The van der Waals surface area contributed by atoms with Gasteiger partial charge in [-0.25, -0.2) is 0 Å². The highest BCUT2D eigenvalue weighted by atomic mass is 16.2. The SMILES string of the molecule is CCCC(CCC)C(=O)N1CCN(c2ccc(-c3ccccc3)nn2)CC1. The second-order valence-corrected chi connectivity index (χ2v) is 7.23. The van der Waals surface area contributed by atoms with E-state index in [0.29, 0.717) is 5.91 Å². The van der Waals surface area contributed by atoms with Crippen molar-refractivity contribution in [2.75, 3.05) is 31.1 Å². The normalized spacial score (nSPS) is 14.6. The van der Waals surface area contributed by atoms with Crippen LogP contribution in [-0.2, 0) is 4.79 Å². The van der Waals surface area contributed by atoms with E-state index < -0.39 is 0 Å². The van der Waals surface area contributed by atoms with Crippen LogP contribution in [0.25, 0.3) is 11.3 Å². The summed E-state index contributed by atoms with van der Waals surface area (Å²) < 4.78 is 0. The molecule has 1 aromatic carbocycles.